The normalized spacial score (nSPS) is 29.2. The molecule has 5 unspecified atom stereocenters. The van der Waals surface area contributed by atoms with Gasteiger partial charge in [-0.1, -0.05) is 38.2 Å². The molecule has 2 saturated carbocycles. The molecule has 3 rings (SSSR count). The number of esters is 3. The van der Waals surface area contributed by atoms with Crippen LogP contribution in [0, 0.1) is 22.7 Å². The van der Waals surface area contributed by atoms with Gasteiger partial charge in [-0.3, -0.25) is 9.59 Å². The molecule has 10 nitrogen and oxygen atoms in total. The number of carboxylic acids is 2. The summed E-state index contributed by atoms with van der Waals surface area (Å²) in [6, 6.07) is 0. The Kier molecular flexibility index (Phi) is 14.4. The SMILES string of the molecule is C=C1CCC2C(C)(COC(=O)CCC(=O)[O-])C(OC(=O)CCC(=O)[O-])CCC2(C)C1/C=C/C1=CCOC1=O.[Na+].[Na+]. The zero-order valence-electron chi connectivity index (χ0n) is 23.8. The second kappa shape index (κ2) is 15.7. The van der Waals surface area contributed by atoms with Crippen LogP contribution in [0.15, 0.2) is 36.0 Å². The molecule has 1 heterocycles. The number of allylic oxidation sites excluding steroid dienone is 2. The zero-order valence-corrected chi connectivity index (χ0v) is 27.8. The van der Waals surface area contributed by atoms with Gasteiger partial charge in [0.2, 0.25) is 0 Å². The van der Waals surface area contributed by atoms with Crippen LogP contribution in [0.2, 0.25) is 0 Å². The molecule has 1 aliphatic heterocycles. The molecule has 0 spiro atoms. The first-order valence-corrected chi connectivity index (χ1v) is 12.8. The first-order chi connectivity index (χ1) is 17.9. The molecule has 0 N–H and O–H groups in total. The fraction of sp³-hybridized carbons (Fsp3) is 0.607. The number of carboxylic acid groups (broad SMARTS) is 2. The minimum absolute atomic E-state index is 0. The van der Waals surface area contributed by atoms with Gasteiger partial charge < -0.3 is 34.0 Å². The summed E-state index contributed by atoms with van der Waals surface area (Å²) < 4.78 is 16.3. The van der Waals surface area contributed by atoms with Gasteiger partial charge in [0, 0.05) is 23.3 Å². The van der Waals surface area contributed by atoms with Gasteiger partial charge in [-0.2, -0.15) is 0 Å². The Morgan fingerprint density at radius 1 is 1.05 bits per heavy atom. The molecular weight excluding hydrogens is 542 g/mol. The monoisotopic (exact) mass is 576 g/mol. The molecule has 2 aliphatic carbocycles. The number of fused-ring (bicyclic) bond motifs is 1. The van der Waals surface area contributed by atoms with Crippen LogP contribution in [0.5, 0.6) is 0 Å². The molecule has 0 amide bonds. The van der Waals surface area contributed by atoms with Gasteiger partial charge in [0.15, 0.2) is 0 Å². The number of carbonyl (C=O) groups is 5. The molecule has 0 aromatic heterocycles. The molecule has 5 atom stereocenters. The van der Waals surface area contributed by atoms with E-state index in [1.165, 1.54) is 0 Å². The number of cyclic esters (lactones) is 1. The molecule has 208 valence electrons. The number of rotatable bonds is 11. The largest absolute Gasteiger partial charge is 1.00 e. The zero-order chi connectivity index (χ0) is 28.1. The van der Waals surface area contributed by atoms with E-state index < -0.39 is 48.2 Å². The minimum atomic E-state index is -1.36. The summed E-state index contributed by atoms with van der Waals surface area (Å²) in [4.78, 5) is 58.3. The number of hydrogen-bond donors (Lipinski definition) is 0. The predicted octanol–water partition coefficient (Wildman–Crippen LogP) is -5.06. The van der Waals surface area contributed by atoms with Crippen molar-refractivity contribution >= 4 is 29.8 Å². The summed E-state index contributed by atoms with van der Waals surface area (Å²) in [5, 5.41) is 21.6. The van der Waals surface area contributed by atoms with E-state index >= 15 is 0 Å². The Labute approximate surface area is 278 Å². The fourth-order valence-corrected chi connectivity index (χ4v) is 6.29. The van der Waals surface area contributed by atoms with Crippen LogP contribution in [0.1, 0.15) is 65.2 Å². The van der Waals surface area contributed by atoms with Crippen molar-refractivity contribution in [1.82, 2.24) is 0 Å². The van der Waals surface area contributed by atoms with Gasteiger partial charge in [0.25, 0.3) is 0 Å². The van der Waals surface area contributed by atoms with Crippen molar-refractivity contribution < 1.29 is 108 Å². The molecule has 12 heteroatoms. The number of aliphatic carboxylic acids is 2. The van der Waals surface area contributed by atoms with Crippen molar-refractivity contribution in [3.63, 3.8) is 0 Å². The third-order valence-electron chi connectivity index (χ3n) is 8.28. The van der Waals surface area contributed by atoms with Crippen LogP contribution < -0.4 is 69.3 Å². The molecule has 40 heavy (non-hydrogen) atoms. The van der Waals surface area contributed by atoms with Crippen LogP contribution in [0.3, 0.4) is 0 Å². The summed E-state index contributed by atoms with van der Waals surface area (Å²) in [6.07, 6.45) is 5.57. The van der Waals surface area contributed by atoms with Crippen molar-refractivity contribution in [2.24, 2.45) is 22.7 Å². The Morgan fingerprint density at radius 3 is 2.25 bits per heavy atom. The standard InChI is InChI=1S/C28H36O10.2Na/c1-17-4-7-20-27(2,19(17)6-5-18-13-15-36-26(18)35)14-12-21(38-25(34)11-9-23(31)32)28(20,3)16-37-24(33)10-8-22(29)30;;/h5-6,13,19-21H,1,4,7-12,14-16H2,2-3H3,(H,29,30)(H,31,32);;/q;2*+1/p-2/b6-5+;;. The maximum atomic E-state index is 12.5. The first kappa shape index (κ1) is 36.6. The molecule has 0 saturated heterocycles. The summed E-state index contributed by atoms with van der Waals surface area (Å²) in [6.45, 7) is 8.40. The van der Waals surface area contributed by atoms with Crippen LogP contribution in [-0.4, -0.2) is 49.2 Å². The van der Waals surface area contributed by atoms with E-state index in [4.69, 9.17) is 14.2 Å². The second-order valence-corrected chi connectivity index (χ2v) is 10.8. The van der Waals surface area contributed by atoms with E-state index in [9.17, 15) is 34.2 Å². The quantitative estimate of drug-likeness (QED) is 0.101. The van der Waals surface area contributed by atoms with Gasteiger partial charge in [-0.15, -0.1) is 0 Å². The topological polar surface area (TPSA) is 159 Å². The fourth-order valence-electron chi connectivity index (χ4n) is 6.29. The van der Waals surface area contributed by atoms with Crippen molar-refractivity contribution in [3.05, 3.63) is 36.0 Å². The van der Waals surface area contributed by atoms with Crippen molar-refractivity contribution in [3.8, 4) is 0 Å². The van der Waals surface area contributed by atoms with E-state index in [0.717, 1.165) is 5.57 Å². The number of hydrogen-bond acceptors (Lipinski definition) is 10. The van der Waals surface area contributed by atoms with Crippen molar-refractivity contribution in [2.75, 3.05) is 13.2 Å². The van der Waals surface area contributed by atoms with E-state index in [1.807, 2.05) is 13.0 Å². The van der Waals surface area contributed by atoms with E-state index in [-0.39, 0.29) is 108 Å². The summed E-state index contributed by atoms with van der Waals surface area (Å²) in [7, 11) is 0. The Morgan fingerprint density at radius 2 is 1.68 bits per heavy atom. The maximum Gasteiger partial charge on any atom is 1.00 e. The molecule has 0 bridgehead atoms. The third kappa shape index (κ3) is 8.79. The maximum absolute atomic E-state index is 12.5. The molecule has 3 aliphatic rings. The summed E-state index contributed by atoms with van der Waals surface area (Å²) in [5.74, 6) is -4.71. The Hall–Kier alpha value is -1.43. The van der Waals surface area contributed by atoms with Crippen LogP contribution in [0.4, 0.5) is 0 Å². The summed E-state index contributed by atoms with van der Waals surface area (Å²) >= 11 is 0. The van der Waals surface area contributed by atoms with Crippen LogP contribution in [0.25, 0.3) is 0 Å². The molecular formula is C28H34Na2O10. The smallest absolute Gasteiger partial charge is 0.550 e. The van der Waals surface area contributed by atoms with Crippen LogP contribution in [-0.2, 0) is 38.2 Å². The van der Waals surface area contributed by atoms with Gasteiger partial charge in [0.05, 0.1) is 18.4 Å². The average molecular weight is 577 g/mol. The summed E-state index contributed by atoms with van der Waals surface area (Å²) in [5.41, 5.74) is 0.252. The Bertz CT molecular complexity index is 1070. The van der Waals surface area contributed by atoms with Gasteiger partial charge in [-0.05, 0) is 55.9 Å². The van der Waals surface area contributed by atoms with E-state index in [2.05, 4.69) is 13.5 Å². The Balaban J connectivity index is 0.00000400. The van der Waals surface area contributed by atoms with Gasteiger partial charge in [0.1, 0.15) is 19.3 Å². The number of carbonyl (C=O) groups excluding carboxylic acids is 5. The molecule has 0 aromatic rings. The van der Waals surface area contributed by atoms with Crippen LogP contribution >= 0.6 is 0 Å². The number of ether oxygens (including phenoxy) is 3. The molecule has 0 aromatic carbocycles. The molecule has 0 radical (unpaired) electrons. The van der Waals surface area contributed by atoms with Gasteiger partial charge >= 0.3 is 77.0 Å². The van der Waals surface area contributed by atoms with Crippen molar-refractivity contribution in [1.29, 1.82) is 0 Å². The average Bonchev–Trinajstić information content (AvgIpc) is 3.26. The van der Waals surface area contributed by atoms with Gasteiger partial charge in [-0.25, -0.2) is 4.79 Å². The minimum Gasteiger partial charge on any atom is -0.550 e. The molecule has 2 fully saturated rings. The predicted molar refractivity (Wildman–Crippen MR) is 128 cm³/mol. The first-order valence-electron chi connectivity index (χ1n) is 12.8. The van der Waals surface area contributed by atoms with Crippen molar-refractivity contribution in [2.45, 2.75) is 71.3 Å². The van der Waals surface area contributed by atoms with E-state index in [0.29, 0.717) is 31.3 Å². The third-order valence-corrected chi connectivity index (χ3v) is 8.28. The second-order valence-electron chi connectivity index (χ2n) is 10.8. The van der Waals surface area contributed by atoms with E-state index in [1.54, 1.807) is 12.2 Å².